The summed E-state index contributed by atoms with van der Waals surface area (Å²) in [5.74, 6) is 8.16. The molecule has 3 aromatic rings. The first kappa shape index (κ1) is 22.2. The number of aromatic nitrogens is 1. The van der Waals surface area contributed by atoms with E-state index in [1.165, 1.54) is 6.92 Å². The van der Waals surface area contributed by atoms with Crippen LogP contribution in [0.5, 0.6) is 11.5 Å². The van der Waals surface area contributed by atoms with Crippen LogP contribution >= 0.6 is 0 Å². The predicted molar refractivity (Wildman–Crippen MR) is 129 cm³/mol. The third-order valence-corrected chi connectivity index (χ3v) is 7.00. The van der Waals surface area contributed by atoms with E-state index in [1.807, 2.05) is 36.4 Å². The average molecular weight is 457 g/mol. The van der Waals surface area contributed by atoms with Crippen molar-refractivity contribution < 1.29 is 19.4 Å². The molecule has 6 heteroatoms. The summed E-state index contributed by atoms with van der Waals surface area (Å²) in [6.07, 6.45) is 3.40. The number of benzene rings is 2. The summed E-state index contributed by atoms with van der Waals surface area (Å²) in [6.45, 7) is 3.29. The molecule has 1 unspecified atom stereocenters. The molecule has 6 nitrogen and oxygen atoms in total. The van der Waals surface area contributed by atoms with E-state index in [2.05, 4.69) is 21.7 Å². The monoisotopic (exact) mass is 456 g/mol. The van der Waals surface area contributed by atoms with Crippen LogP contribution in [-0.2, 0) is 9.53 Å². The Morgan fingerprint density at radius 1 is 1.21 bits per heavy atom. The van der Waals surface area contributed by atoms with Gasteiger partial charge in [0.15, 0.2) is 0 Å². The number of methoxy groups -OCH3 is 1. The minimum absolute atomic E-state index is 0.0890. The van der Waals surface area contributed by atoms with Crippen molar-refractivity contribution in [3.63, 3.8) is 0 Å². The normalized spacial score (nSPS) is 24.2. The molecule has 2 bridgehead atoms. The molecule has 0 amide bonds. The van der Waals surface area contributed by atoms with E-state index in [1.54, 1.807) is 25.4 Å². The summed E-state index contributed by atoms with van der Waals surface area (Å²) in [5, 5.41) is 10.4. The van der Waals surface area contributed by atoms with Crippen LogP contribution in [0.1, 0.15) is 37.0 Å². The summed E-state index contributed by atoms with van der Waals surface area (Å²) < 4.78 is 11.4. The minimum Gasteiger partial charge on any atom is -0.508 e. The minimum atomic E-state index is -0.385. The Morgan fingerprint density at radius 2 is 2.03 bits per heavy atom. The second-order valence-electron chi connectivity index (χ2n) is 9.08. The number of hydrogen-bond acceptors (Lipinski definition) is 6. The number of fused-ring (bicyclic) bond motifs is 4. The number of carbonyl (C=O) groups is 1. The molecule has 0 saturated carbocycles. The van der Waals surface area contributed by atoms with Crippen LogP contribution in [-0.4, -0.2) is 47.2 Å². The van der Waals surface area contributed by atoms with Crippen LogP contribution in [0, 0.1) is 23.7 Å². The van der Waals surface area contributed by atoms with Crippen molar-refractivity contribution in [3.8, 4) is 23.3 Å². The SMILES string of the molecule is COc1ccc2nccc([C@H](OC(C)=O)[C@H]3C[C@@H]4CCN3C[C@@H]4C#Cc3ccc(O)cc3)c2c1. The molecule has 34 heavy (non-hydrogen) atoms. The van der Waals surface area contributed by atoms with Gasteiger partial charge in [0.05, 0.1) is 18.7 Å². The molecule has 3 fully saturated rings. The Morgan fingerprint density at radius 3 is 2.74 bits per heavy atom. The molecule has 5 atom stereocenters. The van der Waals surface area contributed by atoms with E-state index in [0.717, 1.165) is 53.7 Å². The van der Waals surface area contributed by atoms with Gasteiger partial charge in [-0.1, -0.05) is 11.8 Å². The number of nitrogens with zero attached hydrogens (tertiary/aromatic N) is 2. The molecule has 0 aliphatic carbocycles. The molecule has 174 valence electrons. The molecular weight excluding hydrogens is 428 g/mol. The van der Waals surface area contributed by atoms with Crippen LogP contribution < -0.4 is 4.74 Å². The number of aromatic hydroxyl groups is 1. The van der Waals surface area contributed by atoms with Gasteiger partial charge in [0.2, 0.25) is 0 Å². The van der Waals surface area contributed by atoms with Crippen molar-refractivity contribution in [1.82, 2.24) is 9.88 Å². The highest BCUT2D eigenvalue weighted by atomic mass is 16.5. The summed E-state index contributed by atoms with van der Waals surface area (Å²) in [6, 6.07) is 14.8. The second kappa shape index (κ2) is 9.36. The number of pyridine rings is 1. The molecule has 3 saturated heterocycles. The molecule has 1 N–H and O–H groups in total. The van der Waals surface area contributed by atoms with Crippen molar-refractivity contribution >= 4 is 16.9 Å². The van der Waals surface area contributed by atoms with Gasteiger partial charge in [0, 0.05) is 42.1 Å². The molecule has 4 heterocycles. The highest BCUT2D eigenvalue weighted by Crippen LogP contribution is 2.43. The number of hydrogen-bond donors (Lipinski definition) is 1. The number of phenolic OH excluding ortho intramolecular Hbond substituents is 1. The van der Waals surface area contributed by atoms with Gasteiger partial charge in [0.25, 0.3) is 0 Å². The lowest BCUT2D eigenvalue weighted by Gasteiger charge is -2.50. The predicted octanol–water partition coefficient (Wildman–Crippen LogP) is 4.32. The molecule has 3 aliphatic heterocycles. The van der Waals surface area contributed by atoms with Crippen molar-refractivity contribution in [1.29, 1.82) is 0 Å². The second-order valence-corrected chi connectivity index (χ2v) is 9.08. The zero-order valence-corrected chi connectivity index (χ0v) is 19.4. The van der Waals surface area contributed by atoms with Crippen LogP contribution in [0.3, 0.4) is 0 Å². The fourth-order valence-corrected chi connectivity index (χ4v) is 5.32. The van der Waals surface area contributed by atoms with Crippen LogP contribution in [0.15, 0.2) is 54.7 Å². The van der Waals surface area contributed by atoms with Crippen molar-refractivity contribution in [2.45, 2.75) is 31.9 Å². The first-order valence-electron chi connectivity index (χ1n) is 11.7. The Hall–Kier alpha value is -3.56. The Kier molecular flexibility index (Phi) is 6.12. The number of ether oxygens (including phenoxy) is 2. The van der Waals surface area contributed by atoms with Crippen LogP contribution in [0.2, 0.25) is 0 Å². The lowest BCUT2D eigenvalue weighted by atomic mass is 9.73. The first-order valence-corrected chi connectivity index (χ1v) is 11.7. The van der Waals surface area contributed by atoms with E-state index in [-0.39, 0.29) is 29.8 Å². The summed E-state index contributed by atoms with van der Waals surface area (Å²) >= 11 is 0. The van der Waals surface area contributed by atoms with Crippen LogP contribution in [0.25, 0.3) is 10.9 Å². The number of piperidine rings is 3. The Bertz CT molecular complexity index is 1260. The Labute approximate surface area is 199 Å². The molecule has 0 radical (unpaired) electrons. The Balaban J connectivity index is 1.44. The summed E-state index contributed by atoms with van der Waals surface area (Å²) in [4.78, 5) is 19.1. The molecule has 1 aromatic heterocycles. The van der Waals surface area contributed by atoms with Gasteiger partial charge < -0.3 is 14.6 Å². The van der Waals surface area contributed by atoms with Crippen molar-refractivity contribution in [3.05, 3.63) is 65.9 Å². The van der Waals surface area contributed by atoms with E-state index in [4.69, 9.17) is 9.47 Å². The van der Waals surface area contributed by atoms with E-state index in [9.17, 15) is 9.90 Å². The maximum atomic E-state index is 12.2. The quantitative estimate of drug-likeness (QED) is 0.466. The fourth-order valence-electron chi connectivity index (χ4n) is 5.32. The molecule has 0 spiro atoms. The van der Waals surface area contributed by atoms with Gasteiger partial charge in [-0.15, -0.1) is 0 Å². The molecule has 6 rings (SSSR count). The maximum absolute atomic E-state index is 12.2. The fraction of sp³-hybridized carbons (Fsp3) is 0.357. The lowest BCUT2D eigenvalue weighted by molar-refractivity contribution is -0.154. The number of esters is 1. The van der Waals surface area contributed by atoms with E-state index in [0.29, 0.717) is 5.92 Å². The third-order valence-electron chi connectivity index (χ3n) is 7.00. The van der Waals surface area contributed by atoms with Gasteiger partial charge in [-0.05, 0) is 73.8 Å². The van der Waals surface area contributed by atoms with Gasteiger partial charge >= 0.3 is 5.97 Å². The maximum Gasteiger partial charge on any atom is 0.303 e. The zero-order chi connectivity index (χ0) is 23.7. The topological polar surface area (TPSA) is 71.9 Å². The smallest absolute Gasteiger partial charge is 0.303 e. The standard InChI is InChI=1S/C28H28N2O4/c1-18(31)34-28(24-11-13-29-26-10-9-23(33-2)16-25(24)26)27-15-20-12-14-30(27)17-21(20)6-3-19-4-7-22(32)8-5-19/h4-5,7-11,13,16,20-21,27-28,32H,12,14-15,17H2,1-2H3/t20-,21-,27+,28-/m0/s1. The van der Waals surface area contributed by atoms with Crippen molar-refractivity contribution in [2.24, 2.45) is 11.8 Å². The van der Waals surface area contributed by atoms with E-state index < -0.39 is 0 Å². The molecule has 3 aliphatic rings. The van der Waals surface area contributed by atoms with Gasteiger partial charge in [-0.25, -0.2) is 0 Å². The summed E-state index contributed by atoms with van der Waals surface area (Å²) in [7, 11) is 1.64. The van der Waals surface area contributed by atoms with Crippen molar-refractivity contribution in [2.75, 3.05) is 20.2 Å². The third kappa shape index (κ3) is 4.44. The molecular formula is C28H28N2O4. The first-order chi connectivity index (χ1) is 16.5. The molecule has 2 aromatic carbocycles. The summed E-state index contributed by atoms with van der Waals surface area (Å²) in [5.41, 5.74) is 2.72. The highest BCUT2D eigenvalue weighted by molar-refractivity contribution is 5.84. The van der Waals surface area contributed by atoms with Gasteiger partial charge in [-0.3, -0.25) is 14.7 Å². The van der Waals surface area contributed by atoms with Gasteiger partial charge in [-0.2, -0.15) is 0 Å². The van der Waals surface area contributed by atoms with Crippen LogP contribution in [0.4, 0.5) is 0 Å². The average Bonchev–Trinajstić information content (AvgIpc) is 2.86. The van der Waals surface area contributed by atoms with E-state index >= 15 is 0 Å². The van der Waals surface area contributed by atoms with Gasteiger partial charge in [0.1, 0.15) is 17.6 Å². The number of phenols is 1. The lowest BCUT2D eigenvalue weighted by Crippen LogP contribution is -2.55. The number of rotatable bonds is 4. The zero-order valence-electron chi connectivity index (χ0n) is 19.4. The highest BCUT2D eigenvalue weighted by Gasteiger charge is 2.44. The largest absolute Gasteiger partial charge is 0.508 e. The number of carbonyl (C=O) groups excluding carboxylic acids is 1.